The third kappa shape index (κ3) is 1.87. The minimum absolute atomic E-state index is 0.432. The van der Waals surface area contributed by atoms with Crippen molar-refractivity contribution in [1.29, 1.82) is 0 Å². The number of rotatable bonds is 3. The lowest BCUT2D eigenvalue weighted by Crippen LogP contribution is -2.04. The first-order valence-corrected chi connectivity index (χ1v) is 6.51. The van der Waals surface area contributed by atoms with Crippen LogP contribution in [-0.2, 0) is 6.42 Å². The molecule has 1 aromatic carbocycles. The molecule has 0 aliphatic carbocycles. The van der Waals surface area contributed by atoms with Gasteiger partial charge >= 0.3 is 0 Å². The standard InChI is InChI=1S/C15H16N4O/c1-3-10-6-4-5-7-12(10)19-14-11(17-15(19)16)8-9-13(18-14)20-2/h4-9H,3H2,1-2H3,(H2,16,17). The molecule has 0 spiro atoms. The first kappa shape index (κ1) is 12.5. The number of hydrogen-bond donors (Lipinski definition) is 1. The minimum Gasteiger partial charge on any atom is -0.481 e. The van der Waals surface area contributed by atoms with Crippen LogP contribution in [0.25, 0.3) is 16.9 Å². The molecule has 5 nitrogen and oxygen atoms in total. The molecule has 0 amide bonds. The van der Waals surface area contributed by atoms with Crippen LogP contribution in [0.2, 0.25) is 0 Å². The van der Waals surface area contributed by atoms with E-state index >= 15 is 0 Å². The molecule has 0 unspecified atom stereocenters. The van der Waals surface area contributed by atoms with Crippen LogP contribution in [0.1, 0.15) is 12.5 Å². The zero-order chi connectivity index (χ0) is 14.1. The highest BCUT2D eigenvalue weighted by Crippen LogP contribution is 2.25. The molecule has 3 aromatic rings. The Labute approximate surface area is 117 Å². The molecule has 0 saturated heterocycles. The Morgan fingerprint density at radius 2 is 1.95 bits per heavy atom. The molecule has 0 saturated carbocycles. The van der Waals surface area contributed by atoms with E-state index < -0.39 is 0 Å². The molecule has 2 aromatic heterocycles. The van der Waals surface area contributed by atoms with E-state index in [9.17, 15) is 0 Å². The number of imidazole rings is 1. The van der Waals surface area contributed by atoms with Gasteiger partial charge in [0.25, 0.3) is 0 Å². The summed E-state index contributed by atoms with van der Waals surface area (Å²) in [7, 11) is 1.60. The summed E-state index contributed by atoms with van der Waals surface area (Å²) >= 11 is 0. The zero-order valence-corrected chi connectivity index (χ0v) is 11.5. The normalized spacial score (nSPS) is 10.9. The van der Waals surface area contributed by atoms with E-state index in [1.807, 2.05) is 28.8 Å². The molecule has 102 valence electrons. The van der Waals surface area contributed by atoms with Crippen LogP contribution in [0.5, 0.6) is 5.88 Å². The van der Waals surface area contributed by atoms with Crippen molar-refractivity contribution in [2.75, 3.05) is 12.8 Å². The molecule has 2 heterocycles. The first-order chi connectivity index (χ1) is 9.74. The fourth-order valence-electron chi connectivity index (χ4n) is 2.34. The van der Waals surface area contributed by atoms with Crippen molar-refractivity contribution in [3.63, 3.8) is 0 Å². The average Bonchev–Trinajstić information content (AvgIpc) is 2.81. The highest BCUT2D eigenvalue weighted by molar-refractivity contribution is 5.78. The lowest BCUT2D eigenvalue weighted by molar-refractivity contribution is 0.399. The van der Waals surface area contributed by atoms with Crippen LogP contribution in [0, 0.1) is 0 Å². The maximum atomic E-state index is 6.07. The van der Waals surface area contributed by atoms with Gasteiger partial charge in [0, 0.05) is 6.07 Å². The van der Waals surface area contributed by atoms with Gasteiger partial charge < -0.3 is 10.5 Å². The lowest BCUT2D eigenvalue weighted by atomic mass is 10.1. The number of nitrogens with two attached hydrogens (primary N) is 1. The van der Waals surface area contributed by atoms with Gasteiger partial charge in [-0.25, -0.2) is 4.98 Å². The van der Waals surface area contributed by atoms with E-state index in [2.05, 4.69) is 23.0 Å². The summed E-state index contributed by atoms with van der Waals surface area (Å²) in [5.74, 6) is 0.981. The molecule has 0 radical (unpaired) electrons. The second-order valence-electron chi connectivity index (χ2n) is 4.48. The maximum Gasteiger partial charge on any atom is 0.215 e. The van der Waals surface area contributed by atoms with E-state index in [4.69, 9.17) is 10.5 Å². The van der Waals surface area contributed by atoms with E-state index in [0.29, 0.717) is 17.5 Å². The number of nitrogen functional groups attached to an aromatic ring is 1. The van der Waals surface area contributed by atoms with E-state index in [1.165, 1.54) is 5.56 Å². The molecule has 3 rings (SSSR count). The molecule has 0 bridgehead atoms. The van der Waals surface area contributed by atoms with Crippen molar-refractivity contribution >= 4 is 17.1 Å². The van der Waals surface area contributed by atoms with E-state index in [1.54, 1.807) is 13.2 Å². The maximum absolute atomic E-state index is 6.07. The van der Waals surface area contributed by atoms with Crippen LogP contribution in [-0.4, -0.2) is 21.6 Å². The summed E-state index contributed by atoms with van der Waals surface area (Å²) in [6.07, 6.45) is 0.916. The zero-order valence-electron chi connectivity index (χ0n) is 11.5. The molecule has 0 aliphatic heterocycles. The van der Waals surface area contributed by atoms with Crippen molar-refractivity contribution < 1.29 is 4.74 Å². The van der Waals surface area contributed by atoms with Crippen molar-refractivity contribution in [2.45, 2.75) is 13.3 Å². The molecular formula is C15H16N4O. The minimum atomic E-state index is 0.432. The molecule has 20 heavy (non-hydrogen) atoms. The van der Waals surface area contributed by atoms with Gasteiger partial charge in [-0.15, -0.1) is 0 Å². The van der Waals surface area contributed by atoms with Gasteiger partial charge in [0.2, 0.25) is 11.8 Å². The summed E-state index contributed by atoms with van der Waals surface area (Å²) in [5.41, 5.74) is 9.75. The number of anilines is 1. The Morgan fingerprint density at radius 1 is 1.15 bits per heavy atom. The summed E-state index contributed by atoms with van der Waals surface area (Å²) in [5, 5.41) is 0. The largest absolute Gasteiger partial charge is 0.481 e. The van der Waals surface area contributed by atoms with Crippen molar-refractivity contribution in [1.82, 2.24) is 14.5 Å². The Morgan fingerprint density at radius 3 is 2.70 bits per heavy atom. The lowest BCUT2D eigenvalue weighted by Gasteiger charge is -2.10. The smallest absolute Gasteiger partial charge is 0.215 e. The number of benzene rings is 1. The topological polar surface area (TPSA) is 66.0 Å². The number of fused-ring (bicyclic) bond motifs is 1. The van der Waals surface area contributed by atoms with Crippen LogP contribution >= 0.6 is 0 Å². The number of hydrogen-bond acceptors (Lipinski definition) is 4. The highest BCUT2D eigenvalue weighted by atomic mass is 16.5. The van der Waals surface area contributed by atoms with Gasteiger partial charge in [-0.1, -0.05) is 25.1 Å². The highest BCUT2D eigenvalue weighted by Gasteiger charge is 2.14. The Bertz CT molecular complexity index is 764. The number of aromatic nitrogens is 3. The average molecular weight is 268 g/mol. The second kappa shape index (κ2) is 4.85. The Balaban J connectivity index is 2.32. The second-order valence-corrected chi connectivity index (χ2v) is 4.48. The number of ether oxygens (including phenoxy) is 1. The van der Waals surface area contributed by atoms with E-state index in [0.717, 1.165) is 17.6 Å². The van der Waals surface area contributed by atoms with Crippen molar-refractivity contribution in [3.8, 4) is 11.6 Å². The fourth-order valence-corrected chi connectivity index (χ4v) is 2.34. The van der Waals surface area contributed by atoms with Gasteiger partial charge in [-0.3, -0.25) is 4.57 Å². The predicted molar refractivity (Wildman–Crippen MR) is 79.2 cm³/mol. The summed E-state index contributed by atoms with van der Waals surface area (Å²) in [6.45, 7) is 2.11. The third-order valence-corrected chi connectivity index (χ3v) is 3.33. The number of para-hydroxylation sites is 1. The summed E-state index contributed by atoms with van der Waals surface area (Å²) in [4.78, 5) is 8.83. The van der Waals surface area contributed by atoms with Gasteiger partial charge in [0.1, 0.15) is 5.52 Å². The Hall–Kier alpha value is -2.56. The number of pyridine rings is 1. The molecule has 2 N–H and O–H groups in total. The quantitative estimate of drug-likeness (QED) is 0.792. The molecule has 0 atom stereocenters. The number of aryl methyl sites for hydroxylation is 1. The van der Waals surface area contributed by atoms with Crippen LogP contribution in [0.4, 0.5) is 5.95 Å². The molecule has 0 fully saturated rings. The van der Waals surface area contributed by atoms with Gasteiger partial charge in [0.15, 0.2) is 5.65 Å². The number of methoxy groups -OCH3 is 1. The molecular weight excluding hydrogens is 252 g/mol. The Kier molecular flexibility index (Phi) is 3.02. The van der Waals surface area contributed by atoms with Gasteiger partial charge in [-0.05, 0) is 24.1 Å². The first-order valence-electron chi connectivity index (χ1n) is 6.51. The monoisotopic (exact) mass is 268 g/mol. The molecule has 0 aliphatic rings. The van der Waals surface area contributed by atoms with E-state index in [-0.39, 0.29) is 0 Å². The molecule has 5 heteroatoms. The van der Waals surface area contributed by atoms with Gasteiger partial charge in [-0.2, -0.15) is 4.98 Å². The van der Waals surface area contributed by atoms with Crippen LogP contribution in [0.3, 0.4) is 0 Å². The van der Waals surface area contributed by atoms with Crippen molar-refractivity contribution in [2.24, 2.45) is 0 Å². The van der Waals surface area contributed by atoms with Crippen LogP contribution < -0.4 is 10.5 Å². The van der Waals surface area contributed by atoms with Crippen LogP contribution in [0.15, 0.2) is 36.4 Å². The summed E-state index contributed by atoms with van der Waals surface area (Å²) < 4.78 is 7.06. The van der Waals surface area contributed by atoms with Gasteiger partial charge in [0.05, 0.1) is 12.8 Å². The SMILES string of the molecule is CCc1ccccc1-n1c(N)nc2ccc(OC)nc21. The fraction of sp³-hybridized carbons (Fsp3) is 0.200. The number of nitrogens with zero attached hydrogens (tertiary/aromatic N) is 3. The van der Waals surface area contributed by atoms with Crippen molar-refractivity contribution in [3.05, 3.63) is 42.0 Å². The summed E-state index contributed by atoms with van der Waals surface area (Å²) in [6, 6.07) is 11.8. The predicted octanol–water partition coefficient (Wildman–Crippen LogP) is 2.57. The third-order valence-electron chi connectivity index (χ3n) is 3.33.